The number of carbonyl (C=O) groups excluding carboxylic acids is 2. The Morgan fingerprint density at radius 3 is 2.25 bits per heavy atom. The summed E-state index contributed by atoms with van der Waals surface area (Å²) in [6.45, 7) is 1.64. The van der Waals surface area contributed by atoms with E-state index in [0.29, 0.717) is 31.7 Å². The van der Waals surface area contributed by atoms with Gasteiger partial charge in [-0.3, -0.25) is 9.59 Å². The number of nitrogens with zero attached hydrogens (tertiary/aromatic N) is 2. The van der Waals surface area contributed by atoms with Gasteiger partial charge < -0.3 is 14.9 Å². The Bertz CT molecular complexity index is 514. The summed E-state index contributed by atoms with van der Waals surface area (Å²) >= 11 is 11.1. The van der Waals surface area contributed by atoms with Crippen LogP contribution in [0.5, 0.6) is 5.75 Å². The number of phenolic OH excluding ortho intramolecular Hbond substituents is 1. The van der Waals surface area contributed by atoms with Gasteiger partial charge in [-0.1, -0.05) is 29.3 Å². The first kappa shape index (κ1) is 14.9. The number of aromatic hydroxyl groups is 1. The molecule has 7 heteroatoms. The van der Waals surface area contributed by atoms with Gasteiger partial charge in [0.2, 0.25) is 0 Å². The van der Waals surface area contributed by atoms with Gasteiger partial charge in [0.25, 0.3) is 11.8 Å². The van der Waals surface area contributed by atoms with Crippen molar-refractivity contribution in [1.29, 1.82) is 0 Å². The van der Waals surface area contributed by atoms with Crippen molar-refractivity contribution in [2.24, 2.45) is 0 Å². The zero-order chi connectivity index (χ0) is 14.7. The van der Waals surface area contributed by atoms with Crippen LogP contribution in [0.15, 0.2) is 24.3 Å². The Morgan fingerprint density at radius 1 is 1.10 bits per heavy atom. The highest BCUT2D eigenvalue weighted by atomic mass is 35.5. The van der Waals surface area contributed by atoms with Crippen LogP contribution in [0.1, 0.15) is 10.4 Å². The lowest BCUT2D eigenvalue weighted by Crippen LogP contribution is -2.51. The van der Waals surface area contributed by atoms with Crippen LogP contribution >= 0.6 is 23.2 Å². The molecule has 1 heterocycles. The molecule has 0 bridgehead atoms. The van der Waals surface area contributed by atoms with Crippen LogP contribution < -0.4 is 0 Å². The molecule has 0 spiro atoms. The summed E-state index contributed by atoms with van der Waals surface area (Å²) in [5, 5.41) is 9.38. The molecule has 0 saturated carbocycles. The standard InChI is InChI=1S/C13H14Cl2N2O3/c14-11(15)13(20)17-6-4-16(5-7-17)12(19)9-2-1-3-10(18)8-9/h1-3,8,11,18H,4-7H2. The van der Waals surface area contributed by atoms with E-state index >= 15 is 0 Å². The first-order chi connectivity index (χ1) is 9.49. The number of hydrogen-bond donors (Lipinski definition) is 1. The third-order valence-corrected chi connectivity index (χ3v) is 3.53. The molecule has 0 atom stereocenters. The van der Waals surface area contributed by atoms with Gasteiger partial charge in [-0.05, 0) is 18.2 Å². The van der Waals surface area contributed by atoms with Crippen LogP contribution in [0.25, 0.3) is 0 Å². The molecule has 1 fully saturated rings. The first-order valence-electron chi connectivity index (χ1n) is 6.14. The predicted molar refractivity (Wildman–Crippen MR) is 76.1 cm³/mol. The van der Waals surface area contributed by atoms with Crippen molar-refractivity contribution < 1.29 is 14.7 Å². The minimum Gasteiger partial charge on any atom is -0.508 e. The summed E-state index contributed by atoms with van der Waals surface area (Å²) in [6, 6.07) is 6.20. The van der Waals surface area contributed by atoms with Crippen molar-refractivity contribution in [2.45, 2.75) is 4.84 Å². The number of piperazine rings is 1. The fourth-order valence-corrected chi connectivity index (χ4v) is 2.37. The van der Waals surface area contributed by atoms with Crippen molar-refractivity contribution in [3.8, 4) is 5.75 Å². The van der Waals surface area contributed by atoms with Gasteiger partial charge >= 0.3 is 0 Å². The summed E-state index contributed by atoms with van der Waals surface area (Å²) in [4.78, 5) is 25.9. The van der Waals surface area contributed by atoms with Gasteiger partial charge in [-0.2, -0.15) is 0 Å². The van der Waals surface area contributed by atoms with E-state index in [1.165, 1.54) is 17.0 Å². The number of amides is 2. The van der Waals surface area contributed by atoms with Crippen LogP contribution in [0.3, 0.4) is 0 Å². The van der Waals surface area contributed by atoms with Gasteiger partial charge in [0, 0.05) is 31.7 Å². The molecule has 2 amide bonds. The van der Waals surface area contributed by atoms with Crippen molar-refractivity contribution >= 4 is 35.0 Å². The Morgan fingerprint density at radius 2 is 1.70 bits per heavy atom. The summed E-state index contributed by atoms with van der Waals surface area (Å²) in [6.07, 6.45) is 0. The van der Waals surface area contributed by atoms with E-state index < -0.39 is 4.84 Å². The van der Waals surface area contributed by atoms with E-state index in [-0.39, 0.29) is 17.6 Å². The number of rotatable bonds is 2. The number of alkyl halides is 2. The summed E-state index contributed by atoms with van der Waals surface area (Å²) < 4.78 is 0. The number of hydrogen-bond acceptors (Lipinski definition) is 3. The molecule has 108 valence electrons. The molecule has 20 heavy (non-hydrogen) atoms. The van der Waals surface area contributed by atoms with Crippen molar-refractivity contribution in [2.75, 3.05) is 26.2 Å². The highest BCUT2D eigenvalue weighted by Crippen LogP contribution is 2.15. The number of benzene rings is 1. The lowest BCUT2D eigenvalue weighted by molar-refractivity contribution is -0.130. The molecule has 1 aliphatic heterocycles. The molecule has 1 aliphatic rings. The number of phenols is 1. The Balaban J connectivity index is 1.97. The van der Waals surface area contributed by atoms with Crippen LogP contribution in [0.2, 0.25) is 0 Å². The van der Waals surface area contributed by atoms with Crippen LogP contribution in [-0.2, 0) is 4.79 Å². The molecule has 0 aliphatic carbocycles. The molecule has 2 rings (SSSR count). The maximum Gasteiger partial charge on any atom is 0.255 e. The number of carbonyl (C=O) groups is 2. The van der Waals surface area contributed by atoms with Gasteiger partial charge in [-0.25, -0.2) is 0 Å². The quantitative estimate of drug-likeness (QED) is 0.841. The minimum absolute atomic E-state index is 0.0526. The Kier molecular flexibility index (Phi) is 4.73. The van der Waals surface area contributed by atoms with E-state index in [1.807, 2.05) is 0 Å². The molecule has 0 aromatic heterocycles. The van der Waals surface area contributed by atoms with Crippen LogP contribution in [0, 0.1) is 0 Å². The fourth-order valence-electron chi connectivity index (χ4n) is 2.09. The average molecular weight is 317 g/mol. The van der Waals surface area contributed by atoms with Gasteiger partial charge in [-0.15, -0.1) is 0 Å². The molecule has 0 radical (unpaired) electrons. The number of halogens is 2. The normalized spacial score (nSPS) is 15.6. The minimum atomic E-state index is -1.07. The summed E-state index contributed by atoms with van der Waals surface area (Å²) in [5.74, 6) is -0.448. The zero-order valence-electron chi connectivity index (χ0n) is 10.6. The van der Waals surface area contributed by atoms with E-state index in [9.17, 15) is 14.7 Å². The third kappa shape index (κ3) is 3.35. The Hall–Kier alpha value is -1.46. The SMILES string of the molecule is O=C(c1cccc(O)c1)N1CCN(C(=O)C(Cl)Cl)CC1. The fraction of sp³-hybridized carbons (Fsp3) is 0.385. The molecule has 1 saturated heterocycles. The third-order valence-electron chi connectivity index (χ3n) is 3.16. The second kappa shape index (κ2) is 6.33. The monoisotopic (exact) mass is 316 g/mol. The van der Waals surface area contributed by atoms with E-state index in [4.69, 9.17) is 23.2 Å². The van der Waals surface area contributed by atoms with Crippen LogP contribution in [-0.4, -0.2) is 57.7 Å². The molecule has 5 nitrogen and oxygen atoms in total. The van der Waals surface area contributed by atoms with E-state index in [2.05, 4.69) is 0 Å². The lowest BCUT2D eigenvalue weighted by atomic mass is 10.1. The predicted octanol–water partition coefficient (Wildman–Crippen LogP) is 1.48. The van der Waals surface area contributed by atoms with E-state index in [0.717, 1.165) is 0 Å². The van der Waals surface area contributed by atoms with Crippen molar-refractivity contribution in [3.63, 3.8) is 0 Å². The van der Waals surface area contributed by atoms with Gasteiger partial charge in [0.05, 0.1) is 0 Å². The van der Waals surface area contributed by atoms with Crippen molar-refractivity contribution in [3.05, 3.63) is 29.8 Å². The largest absolute Gasteiger partial charge is 0.508 e. The lowest BCUT2D eigenvalue weighted by Gasteiger charge is -2.35. The first-order valence-corrected chi connectivity index (χ1v) is 7.01. The maximum atomic E-state index is 12.2. The highest BCUT2D eigenvalue weighted by molar-refractivity contribution is 6.53. The van der Waals surface area contributed by atoms with E-state index in [1.54, 1.807) is 17.0 Å². The second-order valence-electron chi connectivity index (χ2n) is 4.47. The molecule has 1 N–H and O–H groups in total. The molecule has 1 aromatic rings. The van der Waals surface area contributed by atoms with Gasteiger partial charge in [0.1, 0.15) is 5.75 Å². The highest BCUT2D eigenvalue weighted by Gasteiger charge is 2.27. The van der Waals surface area contributed by atoms with Gasteiger partial charge in [0.15, 0.2) is 4.84 Å². The maximum absolute atomic E-state index is 12.2. The van der Waals surface area contributed by atoms with Crippen molar-refractivity contribution in [1.82, 2.24) is 9.80 Å². The second-order valence-corrected chi connectivity index (χ2v) is 5.56. The molecular weight excluding hydrogens is 303 g/mol. The average Bonchev–Trinajstić information content (AvgIpc) is 2.46. The molecule has 1 aromatic carbocycles. The summed E-state index contributed by atoms with van der Waals surface area (Å²) in [5.41, 5.74) is 0.428. The Labute approximate surface area is 126 Å². The topological polar surface area (TPSA) is 60.9 Å². The zero-order valence-corrected chi connectivity index (χ0v) is 12.1. The molecule has 0 unspecified atom stereocenters. The molecular formula is C13H14Cl2N2O3. The van der Waals surface area contributed by atoms with Crippen LogP contribution in [0.4, 0.5) is 0 Å². The smallest absolute Gasteiger partial charge is 0.255 e. The summed E-state index contributed by atoms with van der Waals surface area (Å²) in [7, 11) is 0.